The zero-order valence-corrected chi connectivity index (χ0v) is 13.3. The van der Waals surface area contributed by atoms with Gasteiger partial charge < -0.3 is 5.32 Å². The van der Waals surface area contributed by atoms with Crippen molar-refractivity contribution in [1.82, 2.24) is 15.1 Å². The Morgan fingerprint density at radius 1 is 1.33 bits per heavy atom. The fraction of sp³-hybridized carbons (Fsp3) is 0.786. The Labute approximate surface area is 118 Å². The zero-order chi connectivity index (χ0) is 13.2. The molecule has 0 bridgehead atoms. The summed E-state index contributed by atoms with van der Waals surface area (Å²) in [6.45, 7) is 8.46. The van der Waals surface area contributed by atoms with Crippen molar-refractivity contribution in [1.29, 1.82) is 0 Å². The number of hydrogen-bond donors (Lipinski definition) is 1. The first-order valence-corrected chi connectivity index (χ1v) is 7.94. The van der Waals surface area contributed by atoms with Crippen LogP contribution in [0.3, 0.4) is 0 Å². The first kappa shape index (κ1) is 14.1. The van der Waals surface area contributed by atoms with Gasteiger partial charge in [0.2, 0.25) is 0 Å². The molecule has 1 aromatic heterocycles. The van der Waals surface area contributed by atoms with Crippen molar-refractivity contribution < 1.29 is 0 Å². The maximum Gasteiger partial charge on any atom is 0.0767 e. The van der Waals surface area contributed by atoms with Crippen LogP contribution in [0.25, 0.3) is 0 Å². The lowest BCUT2D eigenvalue weighted by atomic mass is 9.75. The summed E-state index contributed by atoms with van der Waals surface area (Å²) in [4.78, 5) is 0. The number of aromatic nitrogens is 2. The normalized spacial score (nSPS) is 17.8. The molecule has 0 spiro atoms. The number of nitrogens with zero attached hydrogens (tertiary/aromatic N) is 2. The van der Waals surface area contributed by atoms with Gasteiger partial charge in [0.15, 0.2) is 0 Å². The highest BCUT2D eigenvalue weighted by atomic mass is 79.9. The van der Waals surface area contributed by atoms with E-state index in [1.54, 1.807) is 0 Å². The zero-order valence-electron chi connectivity index (χ0n) is 11.7. The van der Waals surface area contributed by atoms with Gasteiger partial charge in [-0.1, -0.05) is 13.8 Å². The molecule has 1 heterocycles. The molecule has 0 saturated heterocycles. The van der Waals surface area contributed by atoms with E-state index in [4.69, 9.17) is 0 Å². The van der Waals surface area contributed by atoms with Crippen LogP contribution >= 0.6 is 15.9 Å². The molecule has 0 unspecified atom stereocenters. The van der Waals surface area contributed by atoms with Crippen LogP contribution < -0.4 is 5.32 Å². The van der Waals surface area contributed by atoms with Crippen molar-refractivity contribution in [3.05, 3.63) is 15.9 Å². The van der Waals surface area contributed by atoms with Crippen molar-refractivity contribution >= 4 is 15.9 Å². The van der Waals surface area contributed by atoms with Gasteiger partial charge in [-0.3, -0.25) is 4.68 Å². The highest BCUT2D eigenvalue weighted by Gasteiger charge is 2.34. The number of hydrogen-bond acceptors (Lipinski definition) is 2. The summed E-state index contributed by atoms with van der Waals surface area (Å²) >= 11 is 3.71. The summed E-state index contributed by atoms with van der Waals surface area (Å²) in [6, 6.07) is 0. The Balaban J connectivity index is 2.10. The molecular weight excluding hydrogens is 290 g/mol. The molecule has 2 rings (SSSR count). The van der Waals surface area contributed by atoms with Gasteiger partial charge in [-0.05, 0) is 55.0 Å². The van der Waals surface area contributed by atoms with Crippen molar-refractivity contribution in [2.24, 2.45) is 0 Å². The highest BCUT2D eigenvalue weighted by molar-refractivity contribution is 9.10. The summed E-state index contributed by atoms with van der Waals surface area (Å²) in [5.74, 6) is 0. The third-order valence-corrected chi connectivity index (χ3v) is 5.23. The Bertz CT molecular complexity index is 402. The summed E-state index contributed by atoms with van der Waals surface area (Å²) < 4.78 is 3.32. The minimum atomic E-state index is 0.397. The van der Waals surface area contributed by atoms with Crippen LogP contribution in [0, 0.1) is 0 Å². The van der Waals surface area contributed by atoms with E-state index in [-0.39, 0.29) is 0 Å². The largest absolute Gasteiger partial charge is 0.306 e. The van der Waals surface area contributed by atoms with Gasteiger partial charge in [0.05, 0.1) is 15.9 Å². The standard InChI is InChI=1S/C14H24BrN3/c1-4-11-13(15)12(18(6-3)17-11)10-16-14(5-2)8-7-9-14/h16H,4-10H2,1-3H3. The Kier molecular flexibility index (Phi) is 4.49. The molecule has 102 valence electrons. The molecule has 0 atom stereocenters. The van der Waals surface area contributed by atoms with E-state index in [2.05, 4.69) is 51.8 Å². The van der Waals surface area contributed by atoms with E-state index < -0.39 is 0 Å². The summed E-state index contributed by atoms with van der Waals surface area (Å²) in [6.07, 6.45) is 6.23. The molecule has 1 saturated carbocycles. The van der Waals surface area contributed by atoms with Crippen LogP contribution in [0.5, 0.6) is 0 Å². The maximum atomic E-state index is 4.65. The predicted molar refractivity (Wildman–Crippen MR) is 78.7 cm³/mol. The third kappa shape index (κ3) is 2.50. The highest BCUT2D eigenvalue weighted by Crippen LogP contribution is 2.35. The molecule has 0 radical (unpaired) electrons. The molecular formula is C14H24BrN3. The van der Waals surface area contributed by atoms with Gasteiger partial charge in [-0.25, -0.2) is 0 Å². The fourth-order valence-electron chi connectivity index (χ4n) is 2.72. The summed E-state index contributed by atoms with van der Waals surface area (Å²) in [7, 11) is 0. The van der Waals surface area contributed by atoms with Gasteiger partial charge in [0.25, 0.3) is 0 Å². The van der Waals surface area contributed by atoms with E-state index in [9.17, 15) is 0 Å². The van der Waals surface area contributed by atoms with Gasteiger partial charge >= 0.3 is 0 Å². The minimum absolute atomic E-state index is 0.397. The smallest absolute Gasteiger partial charge is 0.0767 e. The van der Waals surface area contributed by atoms with Crippen molar-refractivity contribution in [3.8, 4) is 0 Å². The average Bonchev–Trinajstić information content (AvgIpc) is 2.65. The van der Waals surface area contributed by atoms with Gasteiger partial charge in [0.1, 0.15) is 0 Å². The molecule has 1 aliphatic carbocycles. The van der Waals surface area contributed by atoms with Crippen molar-refractivity contribution in [2.75, 3.05) is 0 Å². The summed E-state index contributed by atoms with van der Waals surface area (Å²) in [5.41, 5.74) is 2.87. The van der Waals surface area contributed by atoms with Crippen LogP contribution in [-0.4, -0.2) is 15.3 Å². The van der Waals surface area contributed by atoms with E-state index >= 15 is 0 Å². The van der Waals surface area contributed by atoms with Gasteiger partial charge in [-0.15, -0.1) is 0 Å². The van der Waals surface area contributed by atoms with E-state index in [0.717, 1.165) is 19.5 Å². The second-order valence-corrected chi connectivity index (χ2v) is 6.01. The van der Waals surface area contributed by atoms with Crippen LogP contribution in [0.4, 0.5) is 0 Å². The first-order valence-electron chi connectivity index (χ1n) is 7.15. The van der Waals surface area contributed by atoms with Crippen LogP contribution in [0.15, 0.2) is 4.47 Å². The number of halogens is 1. The molecule has 3 nitrogen and oxygen atoms in total. The molecule has 1 aliphatic rings. The molecule has 1 N–H and O–H groups in total. The quantitative estimate of drug-likeness (QED) is 0.868. The number of nitrogens with one attached hydrogen (secondary N) is 1. The molecule has 18 heavy (non-hydrogen) atoms. The number of rotatable bonds is 6. The second kappa shape index (κ2) is 5.74. The van der Waals surface area contributed by atoms with Crippen molar-refractivity contribution in [3.63, 3.8) is 0 Å². The summed E-state index contributed by atoms with van der Waals surface area (Å²) in [5, 5.41) is 8.41. The predicted octanol–water partition coefficient (Wildman–Crippen LogP) is 3.65. The van der Waals surface area contributed by atoms with Crippen LogP contribution in [0.2, 0.25) is 0 Å². The average molecular weight is 314 g/mol. The van der Waals surface area contributed by atoms with Crippen LogP contribution in [0.1, 0.15) is 57.8 Å². The molecule has 0 aliphatic heterocycles. The minimum Gasteiger partial charge on any atom is -0.306 e. The Morgan fingerprint density at radius 3 is 2.50 bits per heavy atom. The lowest BCUT2D eigenvalue weighted by Gasteiger charge is -2.42. The molecule has 0 amide bonds. The maximum absolute atomic E-state index is 4.65. The first-order chi connectivity index (χ1) is 8.65. The van der Waals surface area contributed by atoms with Gasteiger partial charge in [-0.2, -0.15) is 5.10 Å². The Morgan fingerprint density at radius 2 is 2.06 bits per heavy atom. The van der Waals surface area contributed by atoms with E-state index in [0.29, 0.717) is 5.54 Å². The van der Waals surface area contributed by atoms with E-state index in [1.807, 2.05) is 0 Å². The lowest BCUT2D eigenvalue weighted by Crippen LogP contribution is -2.50. The topological polar surface area (TPSA) is 29.9 Å². The second-order valence-electron chi connectivity index (χ2n) is 5.22. The molecule has 0 aromatic carbocycles. The molecule has 4 heteroatoms. The van der Waals surface area contributed by atoms with Gasteiger partial charge in [0, 0.05) is 18.6 Å². The monoisotopic (exact) mass is 313 g/mol. The molecule has 1 fully saturated rings. The number of aryl methyl sites for hydroxylation is 2. The molecule has 1 aromatic rings. The SMILES string of the molecule is CCc1nn(CC)c(CNC2(CC)CCC2)c1Br. The fourth-order valence-corrected chi connectivity index (χ4v) is 3.42. The van der Waals surface area contributed by atoms with Crippen LogP contribution in [-0.2, 0) is 19.5 Å². The third-order valence-electron chi connectivity index (χ3n) is 4.31. The lowest BCUT2D eigenvalue weighted by molar-refractivity contribution is 0.173. The van der Waals surface area contributed by atoms with Crippen molar-refractivity contribution in [2.45, 2.75) is 71.5 Å². The van der Waals surface area contributed by atoms with E-state index in [1.165, 1.54) is 41.5 Å². The Hall–Kier alpha value is -0.350.